The van der Waals surface area contributed by atoms with E-state index in [4.69, 9.17) is 4.74 Å². The van der Waals surface area contributed by atoms with Gasteiger partial charge in [-0.1, -0.05) is 38.2 Å². The van der Waals surface area contributed by atoms with Crippen molar-refractivity contribution >= 4 is 21.7 Å². The van der Waals surface area contributed by atoms with Crippen LogP contribution in [0.2, 0.25) is 0 Å². The Morgan fingerprint density at radius 1 is 1.32 bits per heavy atom. The van der Waals surface area contributed by atoms with Gasteiger partial charge in [0, 0.05) is 12.8 Å². The maximum Gasteiger partial charge on any atom is 0.137 e. The third kappa shape index (κ3) is 4.34. The minimum Gasteiger partial charge on any atom is -0.496 e. The van der Waals surface area contributed by atoms with E-state index in [0.717, 1.165) is 22.2 Å². The van der Waals surface area contributed by atoms with E-state index in [1.165, 1.54) is 32.1 Å². The second kappa shape index (κ2) is 7.09. The summed E-state index contributed by atoms with van der Waals surface area (Å²) in [5, 5.41) is 0. The van der Waals surface area contributed by atoms with Crippen molar-refractivity contribution in [2.45, 2.75) is 44.9 Å². The maximum absolute atomic E-state index is 12.1. The van der Waals surface area contributed by atoms with E-state index in [9.17, 15) is 4.79 Å². The molecule has 2 nitrogen and oxygen atoms in total. The summed E-state index contributed by atoms with van der Waals surface area (Å²) in [4.78, 5) is 12.1. The molecule has 0 bridgehead atoms. The first-order valence-electron chi connectivity index (χ1n) is 7.03. The Balaban J connectivity index is 1.89. The fourth-order valence-corrected chi connectivity index (χ4v) is 3.42. The number of ketones is 1. The monoisotopic (exact) mass is 324 g/mol. The van der Waals surface area contributed by atoms with Crippen LogP contribution in [0.5, 0.6) is 5.75 Å². The third-order valence-corrected chi connectivity index (χ3v) is 4.48. The summed E-state index contributed by atoms with van der Waals surface area (Å²) in [5.41, 5.74) is 1.06. The van der Waals surface area contributed by atoms with Gasteiger partial charge in [0.15, 0.2) is 0 Å². The van der Waals surface area contributed by atoms with Gasteiger partial charge in [-0.05, 0) is 39.5 Å². The Bertz CT molecular complexity index is 436. The predicted molar refractivity (Wildman–Crippen MR) is 80.6 cm³/mol. The first-order valence-corrected chi connectivity index (χ1v) is 7.82. The molecule has 0 atom stereocenters. The number of hydrogen-bond donors (Lipinski definition) is 0. The molecule has 0 heterocycles. The molecule has 0 aliphatic heterocycles. The maximum atomic E-state index is 12.1. The van der Waals surface area contributed by atoms with E-state index in [0.29, 0.717) is 18.1 Å². The minimum atomic E-state index is 0.365. The van der Waals surface area contributed by atoms with Crippen molar-refractivity contribution in [1.29, 1.82) is 0 Å². The summed E-state index contributed by atoms with van der Waals surface area (Å²) >= 11 is 3.46. The molecule has 1 aliphatic carbocycles. The van der Waals surface area contributed by atoms with Crippen LogP contribution in [0.15, 0.2) is 22.7 Å². The Morgan fingerprint density at radius 3 is 2.68 bits per heavy atom. The molecule has 0 amide bonds. The first-order chi connectivity index (χ1) is 9.19. The van der Waals surface area contributed by atoms with Crippen LogP contribution in [0, 0.1) is 5.92 Å². The molecule has 0 saturated heterocycles. The molecular weight excluding hydrogens is 304 g/mol. The molecule has 2 rings (SSSR count). The SMILES string of the molecule is COc1ccc(CC(=O)CC2CCCCC2)cc1Br. The van der Waals surface area contributed by atoms with Gasteiger partial charge < -0.3 is 4.74 Å². The van der Waals surface area contributed by atoms with E-state index in [2.05, 4.69) is 15.9 Å². The van der Waals surface area contributed by atoms with Crippen LogP contribution in [-0.4, -0.2) is 12.9 Å². The topological polar surface area (TPSA) is 26.3 Å². The van der Waals surface area contributed by atoms with Crippen LogP contribution in [0.1, 0.15) is 44.1 Å². The van der Waals surface area contributed by atoms with E-state index >= 15 is 0 Å². The molecule has 19 heavy (non-hydrogen) atoms. The Kier molecular flexibility index (Phi) is 5.44. The minimum absolute atomic E-state index is 0.365. The molecule has 1 saturated carbocycles. The largest absolute Gasteiger partial charge is 0.496 e. The van der Waals surface area contributed by atoms with E-state index in [1.807, 2.05) is 18.2 Å². The van der Waals surface area contributed by atoms with Gasteiger partial charge >= 0.3 is 0 Å². The summed E-state index contributed by atoms with van der Waals surface area (Å²) in [6.07, 6.45) is 7.70. The lowest BCUT2D eigenvalue weighted by molar-refractivity contribution is -0.119. The van der Waals surface area contributed by atoms with Crippen LogP contribution in [-0.2, 0) is 11.2 Å². The van der Waals surface area contributed by atoms with Gasteiger partial charge in [0.25, 0.3) is 0 Å². The lowest BCUT2D eigenvalue weighted by atomic mass is 9.85. The molecule has 0 unspecified atom stereocenters. The average Bonchev–Trinajstić information content (AvgIpc) is 2.40. The van der Waals surface area contributed by atoms with E-state index in [1.54, 1.807) is 7.11 Å². The molecule has 3 heteroatoms. The number of hydrogen-bond acceptors (Lipinski definition) is 2. The Labute approximate surface area is 123 Å². The molecule has 1 fully saturated rings. The van der Waals surface area contributed by atoms with Crippen LogP contribution in [0.25, 0.3) is 0 Å². The molecule has 104 valence electrons. The highest BCUT2D eigenvalue weighted by atomic mass is 79.9. The first kappa shape index (κ1) is 14.6. The highest BCUT2D eigenvalue weighted by molar-refractivity contribution is 9.10. The molecule has 1 aromatic carbocycles. The summed E-state index contributed by atoms with van der Waals surface area (Å²) in [6.45, 7) is 0. The number of Topliss-reactive ketones (excluding diaryl/α,β-unsaturated/α-hetero) is 1. The quantitative estimate of drug-likeness (QED) is 0.794. The van der Waals surface area contributed by atoms with Gasteiger partial charge in [0.05, 0.1) is 11.6 Å². The third-order valence-electron chi connectivity index (χ3n) is 3.86. The van der Waals surface area contributed by atoms with E-state index in [-0.39, 0.29) is 0 Å². The fraction of sp³-hybridized carbons (Fsp3) is 0.562. The number of methoxy groups -OCH3 is 1. The second-order valence-electron chi connectivity index (χ2n) is 5.39. The van der Waals surface area contributed by atoms with Crippen LogP contribution >= 0.6 is 15.9 Å². The second-order valence-corrected chi connectivity index (χ2v) is 6.25. The zero-order chi connectivity index (χ0) is 13.7. The van der Waals surface area contributed by atoms with Crippen molar-refractivity contribution in [1.82, 2.24) is 0 Å². The number of ether oxygens (including phenoxy) is 1. The summed E-state index contributed by atoms with van der Waals surface area (Å²) < 4.78 is 6.11. The van der Waals surface area contributed by atoms with Crippen molar-refractivity contribution in [3.63, 3.8) is 0 Å². The summed E-state index contributed by atoms with van der Waals surface area (Å²) in [5.74, 6) is 1.80. The molecule has 0 aromatic heterocycles. The summed E-state index contributed by atoms with van der Waals surface area (Å²) in [6, 6.07) is 5.87. The average molecular weight is 325 g/mol. The standard InChI is InChI=1S/C16H21BrO2/c1-19-16-8-7-13(11-15(16)17)10-14(18)9-12-5-3-2-4-6-12/h7-8,11-12H,2-6,9-10H2,1H3. The van der Waals surface area contributed by atoms with Crippen LogP contribution in [0.3, 0.4) is 0 Å². The number of rotatable bonds is 5. The van der Waals surface area contributed by atoms with Crippen molar-refractivity contribution in [3.8, 4) is 5.75 Å². The van der Waals surface area contributed by atoms with Crippen molar-refractivity contribution in [2.75, 3.05) is 7.11 Å². The lowest BCUT2D eigenvalue weighted by Gasteiger charge is -2.20. The summed E-state index contributed by atoms with van der Waals surface area (Å²) in [7, 11) is 1.65. The van der Waals surface area contributed by atoms with Gasteiger partial charge in [0.2, 0.25) is 0 Å². The van der Waals surface area contributed by atoms with Gasteiger partial charge in [-0.2, -0.15) is 0 Å². The molecular formula is C16H21BrO2. The van der Waals surface area contributed by atoms with Crippen molar-refractivity contribution < 1.29 is 9.53 Å². The predicted octanol–water partition coefficient (Wildman–Crippen LogP) is 4.54. The Morgan fingerprint density at radius 2 is 2.05 bits per heavy atom. The molecule has 0 spiro atoms. The molecule has 0 N–H and O–H groups in total. The highest BCUT2D eigenvalue weighted by Gasteiger charge is 2.17. The number of benzene rings is 1. The number of carbonyl (C=O) groups is 1. The fourth-order valence-electron chi connectivity index (χ4n) is 2.83. The number of halogens is 1. The lowest BCUT2D eigenvalue weighted by Crippen LogP contribution is -2.13. The van der Waals surface area contributed by atoms with Gasteiger partial charge in [0.1, 0.15) is 11.5 Å². The van der Waals surface area contributed by atoms with Crippen molar-refractivity contribution in [3.05, 3.63) is 28.2 Å². The zero-order valence-electron chi connectivity index (χ0n) is 11.5. The van der Waals surface area contributed by atoms with Gasteiger partial charge in [-0.3, -0.25) is 4.79 Å². The molecule has 1 aliphatic rings. The zero-order valence-corrected chi connectivity index (χ0v) is 13.0. The smallest absolute Gasteiger partial charge is 0.137 e. The molecule has 1 aromatic rings. The van der Waals surface area contributed by atoms with E-state index < -0.39 is 0 Å². The number of carbonyl (C=O) groups excluding carboxylic acids is 1. The normalized spacial score (nSPS) is 16.3. The van der Waals surface area contributed by atoms with Gasteiger partial charge in [-0.15, -0.1) is 0 Å². The highest BCUT2D eigenvalue weighted by Crippen LogP contribution is 2.28. The van der Waals surface area contributed by atoms with Crippen molar-refractivity contribution in [2.24, 2.45) is 5.92 Å². The van der Waals surface area contributed by atoms with Crippen LogP contribution in [0.4, 0.5) is 0 Å². The van der Waals surface area contributed by atoms with Gasteiger partial charge in [-0.25, -0.2) is 0 Å². The molecule has 0 radical (unpaired) electrons. The van der Waals surface area contributed by atoms with Crippen LogP contribution < -0.4 is 4.74 Å². The Hall–Kier alpha value is -0.830.